The Morgan fingerprint density at radius 1 is 1.28 bits per heavy atom. The number of sulfonamides is 1. The molecule has 0 saturated carbocycles. The van der Waals surface area contributed by atoms with E-state index in [4.69, 9.17) is 4.74 Å². The first-order valence-electron chi connectivity index (χ1n) is 6.85. The van der Waals surface area contributed by atoms with Gasteiger partial charge in [-0.25, -0.2) is 8.42 Å². The van der Waals surface area contributed by atoms with Crippen molar-refractivity contribution in [2.45, 2.75) is 51.5 Å². The Morgan fingerprint density at radius 2 is 1.83 bits per heavy atom. The molecule has 0 atom stereocenters. The fraction of sp³-hybridized carbons (Fsp3) is 1.00. The maximum absolute atomic E-state index is 12.2. The standard InChI is InChI=1S/C10H20N2O3S.C2H6.H2/c1-9(2)16(13,14)12-7-8-15-10(12)3-5-11-6-4-10;1-2;/h9,11H,3-8H2,1-2H3;1-2H3;1H. The average molecular weight is 280 g/mol. The summed E-state index contributed by atoms with van der Waals surface area (Å²) in [6.45, 7) is 10.1. The SMILES string of the molecule is CC.CC(C)S(=O)(=O)N1CCOC12CCNCC2.[HH]. The molecule has 2 aliphatic rings. The van der Waals surface area contributed by atoms with Gasteiger partial charge in [0.2, 0.25) is 10.0 Å². The molecule has 2 heterocycles. The van der Waals surface area contributed by atoms with Gasteiger partial charge in [-0.05, 0) is 26.9 Å². The van der Waals surface area contributed by atoms with E-state index in [9.17, 15) is 8.42 Å². The zero-order chi connectivity index (χ0) is 13.8. The molecule has 0 aromatic carbocycles. The molecule has 5 nitrogen and oxygen atoms in total. The van der Waals surface area contributed by atoms with Gasteiger partial charge in [-0.1, -0.05) is 13.8 Å². The van der Waals surface area contributed by atoms with Crippen LogP contribution in [-0.4, -0.2) is 49.9 Å². The lowest BCUT2D eigenvalue weighted by Crippen LogP contribution is -2.55. The van der Waals surface area contributed by atoms with E-state index < -0.39 is 15.7 Å². The minimum absolute atomic E-state index is 0. The second-order valence-corrected chi connectivity index (χ2v) is 7.12. The second-order valence-electron chi connectivity index (χ2n) is 4.71. The van der Waals surface area contributed by atoms with Gasteiger partial charge in [0.1, 0.15) is 5.72 Å². The van der Waals surface area contributed by atoms with Crippen LogP contribution in [0.3, 0.4) is 0 Å². The van der Waals surface area contributed by atoms with Crippen LogP contribution in [0.2, 0.25) is 0 Å². The summed E-state index contributed by atoms with van der Waals surface area (Å²) in [5, 5.41) is 2.86. The van der Waals surface area contributed by atoms with Gasteiger partial charge in [0.15, 0.2) is 0 Å². The summed E-state index contributed by atoms with van der Waals surface area (Å²) >= 11 is 0. The zero-order valence-electron chi connectivity index (χ0n) is 11.9. The minimum atomic E-state index is -3.20. The van der Waals surface area contributed by atoms with Crippen molar-refractivity contribution in [1.82, 2.24) is 9.62 Å². The summed E-state index contributed by atoms with van der Waals surface area (Å²) < 4.78 is 31.8. The summed E-state index contributed by atoms with van der Waals surface area (Å²) in [5.41, 5.74) is -0.561. The molecule has 0 radical (unpaired) electrons. The molecule has 0 unspecified atom stereocenters. The lowest BCUT2D eigenvalue weighted by Gasteiger charge is -2.40. The van der Waals surface area contributed by atoms with Gasteiger partial charge in [0.25, 0.3) is 0 Å². The molecule has 2 fully saturated rings. The third-order valence-electron chi connectivity index (χ3n) is 3.41. The van der Waals surface area contributed by atoms with Gasteiger partial charge in [-0.15, -0.1) is 0 Å². The molecule has 0 aliphatic carbocycles. The molecule has 2 rings (SSSR count). The summed E-state index contributed by atoms with van der Waals surface area (Å²) in [5.74, 6) is 0. The van der Waals surface area contributed by atoms with E-state index in [2.05, 4.69) is 5.32 Å². The largest absolute Gasteiger partial charge is 0.358 e. The van der Waals surface area contributed by atoms with Crippen LogP contribution in [0.1, 0.15) is 42.0 Å². The van der Waals surface area contributed by atoms with E-state index >= 15 is 0 Å². The first kappa shape index (κ1) is 15.9. The van der Waals surface area contributed by atoms with Crippen molar-refractivity contribution in [2.75, 3.05) is 26.2 Å². The normalized spacial score (nSPS) is 24.1. The molecular weight excluding hydrogens is 252 g/mol. The highest BCUT2D eigenvalue weighted by atomic mass is 32.2. The summed E-state index contributed by atoms with van der Waals surface area (Å²) in [6.07, 6.45) is 1.50. The number of hydrogen-bond acceptors (Lipinski definition) is 4. The molecule has 0 aromatic rings. The first-order chi connectivity index (χ1) is 8.49. The predicted molar refractivity (Wildman–Crippen MR) is 75.0 cm³/mol. The molecule has 0 bridgehead atoms. The van der Waals surface area contributed by atoms with Crippen LogP contribution in [0, 0.1) is 0 Å². The van der Waals surface area contributed by atoms with Gasteiger partial charge < -0.3 is 10.1 Å². The van der Waals surface area contributed by atoms with Gasteiger partial charge >= 0.3 is 0 Å². The molecule has 1 N–H and O–H groups in total. The predicted octanol–water partition coefficient (Wildman–Crippen LogP) is 1.41. The quantitative estimate of drug-likeness (QED) is 0.831. The molecule has 1 spiro atoms. The number of piperidine rings is 1. The third kappa shape index (κ3) is 2.87. The van der Waals surface area contributed by atoms with Crippen LogP contribution in [0.15, 0.2) is 0 Å². The number of nitrogens with zero attached hydrogens (tertiary/aromatic N) is 1. The summed E-state index contributed by atoms with van der Waals surface area (Å²) in [4.78, 5) is 0. The maximum atomic E-state index is 12.2. The maximum Gasteiger partial charge on any atom is 0.218 e. The van der Waals surface area contributed by atoms with Crippen molar-refractivity contribution in [3.8, 4) is 0 Å². The molecule has 2 saturated heterocycles. The van der Waals surface area contributed by atoms with Gasteiger partial charge in [0, 0.05) is 20.8 Å². The van der Waals surface area contributed by atoms with E-state index in [0.29, 0.717) is 13.2 Å². The molecule has 110 valence electrons. The number of rotatable bonds is 2. The Bertz CT molecular complexity index is 354. The van der Waals surface area contributed by atoms with E-state index in [-0.39, 0.29) is 6.68 Å². The first-order valence-corrected chi connectivity index (χ1v) is 8.36. The zero-order valence-corrected chi connectivity index (χ0v) is 12.7. The topological polar surface area (TPSA) is 58.6 Å². The van der Waals surface area contributed by atoms with E-state index in [1.165, 1.54) is 0 Å². The third-order valence-corrected chi connectivity index (χ3v) is 5.73. The monoisotopic (exact) mass is 280 g/mol. The minimum Gasteiger partial charge on any atom is -0.358 e. The molecule has 2 aliphatic heterocycles. The van der Waals surface area contributed by atoms with Crippen LogP contribution in [0.4, 0.5) is 0 Å². The van der Waals surface area contributed by atoms with E-state index in [1.807, 2.05) is 13.8 Å². The van der Waals surface area contributed by atoms with Crippen molar-refractivity contribution < 1.29 is 14.6 Å². The average Bonchev–Trinajstić information content (AvgIpc) is 2.76. The molecular formula is C12H28N2O3S. The van der Waals surface area contributed by atoms with Crippen molar-refractivity contribution in [3.63, 3.8) is 0 Å². The van der Waals surface area contributed by atoms with Crippen LogP contribution in [0.5, 0.6) is 0 Å². The van der Waals surface area contributed by atoms with E-state index in [0.717, 1.165) is 25.9 Å². The lowest BCUT2D eigenvalue weighted by atomic mass is 10.0. The highest BCUT2D eigenvalue weighted by molar-refractivity contribution is 7.89. The molecule has 6 heteroatoms. The van der Waals surface area contributed by atoms with E-state index in [1.54, 1.807) is 18.2 Å². The molecule has 18 heavy (non-hydrogen) atoms. The number of ether oxygens (including phenoxy) is 1. The number of hydrogen-bond donors (Lipinski definition) is 1. The van der Waals surface area contributed by atoms with Crippen LogP contribution in [-0.2, 0) is 14.8 Å². The second kappa shape index (κ2) is 6.32. The van der Waals surface area contributed by atoms with Crippen molar-refractivity contribution >= 4 is 10.0 Å². The number of nitrogens with one attached hydrogen (secondary N) is 1. The molecule has 0 aromatic heterocycles. The Morgan fingerprint density at radius 3 is 2.33 bits per heavy atom. The van der Waals surface area contributed by atoms with Crippen LogP contribution < -0.4 is 5.32 Å². The Labute approximate surface area is 112 Å². The summed E-state index contributed by atoms with van der Waals surface area (Å²) in [6, 6.07) is 0. The molecule has 0 amide bonds. The smallest absolute Gasteiger partial charge is 0.218 e. The van der Waals surface area contributed by atoms with Gasteiger partial charge in [-0.2, -0.15) is 4.31 Å². The van der Waals surface area contributed by atoms with Crippen LogP contribution in [0.25, 0.3) is 0 Å². The van der Waals surface area contributed by atoms with Gasteiger partial charge in [-0.3, -0.25) is 0 Å². The van der Waals surface area contributed by atoms with Crippen molar-refractivity contribution in [3.05, 3.63) is 0 Å². The Kier molecular flexibility index (Phi) is 5.58. The summed E-state index contributed by atoms with van der Waals surface area (Å²) in [7, 11) is -3.20. The van der Waals surface area contributed by atoms with Crippen molar-refractivity contribution in [2.24, 2.45) is 0 Å². The van der Waals surface area contributed by atoms with Gasteiger partial charge in [0.05, 0.1) is 11.9 Å². The van der Waals surface area contributed by atoms with Crippen molar-refractivity contribution in [1.29, 1.82) is 0 Å². The lowest BCUT2D eigenvalue weighted by molar-refractivity contribution is -0.0706. The highest BCUT2D eigenvalue weighted by Crippen LogP contribution is 2.35. The van der Waals surface area contributed by atoms with Crippen LogP contribution >= 0.6 is 0 Å². The fourth-order valence-electron chi connectivity index (χ4n) is 2.42. The Hall–Kier alpha value is -0.170. The fourth-order valence-corrected chi connectivity index (χ4v) is 3.96. The Balaban J connectivity index is 0.00000103. The highest BCUT2D eigenvalue weighted by Gasteiger charge is 2.49.